The lowest BCUT2D eigenvalue weighted by Crippen LogP contribution is -2.55. The fourth-order valence-electron chi connectivity index (χ4n) is 6.35. The molecule has 16 heteroatoms. The SMILES string of the molecule is CCOC(C)(C)C(=O)N=C(N=CN)c1ccc([C@]2(C#N)O[C@H](COC(=O)CC3CCCCC3)[C@@H](OC(O)C(NC(=O)OC(C)(C)C)C(C)(C)C)C2O)[nH]1. The Bertz CT molecular complexity index is 1510. The van der Waals surface area contributed by atoms with E-state index in [0.717, 1.165) is 38.4 Å². The van der Waals surface area contributed by atoms with Crippen LogP contribution in [0.25, 0.3) is 0 Å². The number of H-pyrrole nitrogens is 1. The topological polar surface area (TPSA) is 240 Å². The smallest absolute Gasteiger partial charge is 0.408 e. The van der Waals surface area contributed by atoms with Gasteiger partial charge in [0.05, 0.1) is 23.8 Å². The van der Waals surface area contributed by atoms with Gasteiger partial charge < -0.3 is 49.9 Å². The summed E-state index contributed by atoms with van der Waals surface area (Å²) >= 11 is 0. The molecule has 1 aromatic heterocycles. The largest absolute Gasteiger partial charge is 0.463 e. The Morgan fingerprint density at radius 3 is 2.38 bits per heavy atom. The molecule has 2 amide bonds. The molecule has 3 unspecified atom stereocenters. The van der Waals surface area contributed by atoms with Crippen LogP contribution in [0.4, 0.5) is 4.79 Å². The molecule has 0 aromatic carbocycles. The highest BCUT2D eigenvalue weighted by molar-refractivity contribution is 6.08. The second-order valence-electron chi connectivity index (χ2n) is 16.1. The van der Waals surface area contributed by atoms with Gasteiger partial charge >= 0.3 is 12.1 Å². The summed E-state index contributed by atoms with van der Waals surface area (Å²) in [5, 5.41) is 36.6. The van der Waals surface area contributed by atoms with Crippen molar-refractivity contribution in [2.24, 2.45) is 27.1 Å². The van der Waals surface area contributed by atoms with Crippen molar-refractivity contribution in [3.63, 3.8) is 0 Å². The number of aromatic amines is 1. The van der Waals surface area contributed by atoms with E-state index in [1.54, 1.807) is 62.3 Å². The molecule has 0 bridgehead atoms. The number of nitriles is 1. The quantitative estimate of drug-likeness (QED) is 0.0840. The maximum Gasteiger partial charge on any atom is 0.408 e. The first-order valence-corrected chi connectivity index (χ1v) is 18.1. The summed E-state index contributed by atoms with van der Waals surface area (Å²) in [4.78, 5) is 49.8. The molecular weight excluding hydrogens is 688 g/mol. The predicted octanol–water partition coefficient (Wildman–Crippen LogP) is 3.73. The number of nitrogens with two attached hydrogens (primary N) is 1. The summed E-state index contributed by atoms with van der Waals surface area (Å²) in [7, 11) is 0. The monoisotopic (exact) mass is 746 g/mol. The number of amidine groups is 1. The molecule has 1 saturated carbocycles. The maximum absolute atomic E-state index is 13.0. The number of carbonyl (C=O) groups excluding carboxylic acids is 3. The summed E-state index contributed by atoms with van der Waals surface area (Å²) in [6.07, 6.45) is -0.835. The van der Waals surface area contributed by atoms with Crippen molar-refractivity contribution < 1.29 is 48.3 Å². The third-order valence-electron chi connectivity index (χ3n) is 9.12. The highest BCUT2D eigenvalue weighted by Crippen LogP contribution is 2.42. The number of nitrogens with one attached hydrogen (secondary N) is 2. The normalized spacial score (nSPS) is 24.4. The van der Waals surface area contributed by atoms with Crippen LogP contribution >= 0.6 is 0 Å². The highest BCUT2D eigenvalue weighted by Gasteiger charge is 2.59. The van der Waals surface area contributed by atoms with Crippen molar-refractivity contribution in [1.82, 2.24) is 10.3 Å². The van der Waals surface area contributed by atoms with Crippen molar-refractivity contribution in [3.8, 4) is 6.07 Å². The molecule has 1 aliphatic heterocycles. The highest BCUT2D eigenvalue weighted by atomic mass is 16.7. The van der Waals surface area contributed by atoms with Crippen LogP contribution in [0.2, 0.25) is 0 Å². The molecule has 1 saturated heterocycles. The van der Waals surface area contributed by atoms with Crippen LogP contribution < -0.4 is 11.1 Å². The van der Waals surface area contributed by atoms with Crippen LogP contribution in [-0.2, 0) is 38.9 Å². The number of aliphatic imine (C=N–C) groups is 2. The minimum atomic E-state index is -2.16. The zero-order valence-electron chi connectivity index (χ0n) is 32.4. The van der Waals surface area contributed by atoms with Gasteiger partial charge in [-0.2, -0.15) is 10.3 Å². The van der Waals surface area contributed by atoms with Gasteiger partial charge in [-0.3, -0.25) is 9.59 Å². The van der Waals surface area contributed by atoms with E-state index in [1.807, 2.05) is 6.07 Å². The van der Waals surface area contributed by atoms with E-state index in [4.69, 9.17) is 29.4 Å². The summed E-state index contributed by atoms with van der Waals surface area (Å²) in [5.74, 6) is -1.05. The second kappa shape index (κ2) is 18.0. The number of ether oxygens (including phenoxy) is 5. The third kappa shape index (κ3) is 11.6. The van der Waals surface area contributed by atoms with Crippen LogP contribution in [0.5, 0.6) is 0 Å². The zero-order valence-corrected chi connectivity index (χ0v) is 32.4. The number of rotatable bonds is 13. The van der Waals surface area contributed by atoms with Crippen molar-refractivity contribution in [3.05, 3.63) is 23.5 Å². The molecule has 6 N–H and O–H groups in total. The van der Waals surface area contributed by atoms with Crippen LogP contribution in [0, 0.1) is 22.7 Å². The molecule has 0 spiro atoms. The Balaban J connectivity index is 1.98. The second-order valence-corrected chi connectivity index (χ2v) is 16.1. The Morgan fingerprint density at radius 2 is 1.81 bits per heavy atom. The first-order chi connectivity index (χ1) is 24.7. The number of alkyl carbamates (subject to hydrolysis) is 1. The number of hydrogen-bond acceptors (Lipinski definition) is 11. The van der Waals surface area contributed by atoms with Crippen molar-refractivity contribution >= 4 is 30.1 Å². The summed E-state index contributed by atoms with van der Waals surface area (Å²) in [6, 6.07) is 3.87. The van der Waals surface area contributed by atoms with Gasteiger partial charge in [0.15, 0.2) is 12.1 Å². The van der Waals surface area contributed by atoms with Gasteiger partial charge in [-0.15, -0.1) is 0 Å². The van der Waals surface area contributed by atoms with E-state index in [2.05, 4.69) is 20.3 Å². The number of esters is 1. The Kier molecular flexibility index (Phi) is 14.8. The average molecular weight is 747 g/mol. The Morgan fingerprint density at radius 1 is 1.15 bits per heavy atom. The number of aromatic nitrogens is 1. The van der Waals surface area contributed by atoms with E-state index in [-0.39, 0.29) is 36.2 Å². The van der Waals surface area contributed by atoms with Crippen LogP contribution in [0.1, 0.15) is 112 Å². The van der Waals surface area contributed by atoms with Crippen molar-refractivity contribution in [1.29, 1.82) is 5.26 Å². The molecule has 1 aliphatic carbocycles. The lowest BCUT2D eigenvalue weighted by molar-refractivity contribution is -0.196. The molecule has 16 nitrogen and oxygen atoms in total. The van der Waals surface area contributed by atoms with Gasteiger partial charge in [-0.05, 0) is 77.8 Å². The molecule has 6 atom stereocenters. The van der Waals surface area contributed by atoms with Gasteiger partial charge in [-0.1, -0.05) is 40.0 Å². The van der Waals surface area contributed by atoms with E-state index >= 15 is 0 Å². The molecular formula is C37H58N6O10. The van der Waals surface area contributed by atoms with Gasteiger partial charge in [0.25, 0.3) is 5.91 Å². The van der Waals surface area contributed by atoms with Gasteiger partial charge in [0.1, 0.15) is 42.2 Å². The number of aliphatic hydroxyl groups is 2. The molecule has 3 rings (SSSR count). The molecule has 2 heterocycles. The number of aliphatic hydroxyl groups excluding tert-OH is 2. The minimum absolute atomic E-state index is 0.0253. The maximum atomic E-state index is 13.0. The molecule has 0 radical (unpaired) electrons. The first-order valence-electron chi connectivity index (χ1n) is 18.1. The van der Waals surface area contributed by atoms with E-state index in [1.165, 1.54) is 12.1 Å². The first kappa shape index (κ1) is 43.5. The van der Waals surface area contributed by atoms with Crippen molar-refractivity contribution in [2.75, 3.05) is 13.2 Å². The minimum Gasteiger partial charge on any atom is -0.463 e. The molecule has 2 fully saturated rings. The summed E-state index contributed by atoms with van der Waals surface area (Å²) in [6.45, 7) is 15.1. The van der Waals surface area contributed by atoms with Crippen LogP contribution in [-0.4, -0.2) is 100 Å². The van der Waals surface area contributed by atoms with E-state index in [0.29, 0.717) is 0 Å². The van der Waals surface area contributed by atoms with Gasteiger partial charge in [0.2, 0.25) is 5.60 Å². The standard InChI is InChI=1S/C37H58N6O10/c1-10-50-36(8,9)32(47)43-30(40-21-39)23-16-17-25(41-23)37(20-38)29(45)27(24(52-37)19-49-26(44)18-22-14-12-11-13-15-22)51-31(46)28(34(2,3)4)42-33(48)53-35(5,6)7/h16-17,21-22,24,27-29,31,41,45-46H,10-15,18-19H2,1-9H3,(H,42,48)(H2,39,40,43,47)/t24-,27-,28?,29?,31?,37+/m1/s1. The summed E-state index contributed by atoms with van der Waals surface area (Å²) < 4.78 is 28.8. The number of hydrogen-bond donors (Lipinski definition) is 5. The Labute approximate surface area is 311 Å². The van der Waals surface area contributed by atoms with Crippen molar-refractivity contribution in [2.45, 2.75) is 148 Å². The molecule has 53 heavy (non-hydrogen) atoms. The average Bonchev–Trinajstić information content (AvgIpc) is 3.65. The number of amides is 2. The fourth-order valence-corrected chi connectivity index (χ4v) is 6.35. The van der Waals surface area contributed by atoms with E-state index < -0.39 is 77.4 Å². The fraction of sp³-hybridized carbons (Fsp3) is 0.730. The summed E-state index contributed by atoms with van der Waals surface area (Å²) in [5.41, 5.74) is 0.695. The molecule has 1 aromatic rings. The zero-order chi connectivity index (χ0) is 39.8. The van der Waals surface area contributed by atoms with Crippen LogP contribution in [0.3, 0.4) is 0 Å². The van der Waals surface area contributed by atoms with Crippen LogP contribution in [0.15, 0.2) is 22.1 Å². The number of nitrogens with zero attached hydrogens (tertiary/aromatic N) is 3. The third-order valence-corrected chi connectivity index (χ3v) is 9.12. The lowest BCUT2D eigenvalue weighted by Gasteiger charge is -2.37. The Hall–Kier alpha value is -3.88. The van der Waals surface area contributed by atoms with Gasteiger partial charge in [0, 0.05) is 13.0 Å². The van der Waals surface area contributed by atoms with E-state index in [9.17, 15) is 29.9 Å². The molecule has 2 aliphatic rings. The lowest BCUT2D eigenvalue weighted by atomic mass is 9.86. The molecule has 296 valence electrons. The number of carbonyl (C=O) groups is 3. The predicted molar refractivity (Wildman–Crippen MR) is 195 cm³/mol. The van der Waals surface area contributed by atoms with Gasteiger partial charge in [-0.25, -0.2) is 9.79 Å².